The number of rotatable bonds is 5. The van der Waals surface area contributed by atoms with Crippen molar-refractivity contribution in [3.63, 3.8) is 0 Å². The van der Waals surface area contributed by atoms with Gasteiger partial charge in [0.15, 0.2) is 0 Å². The fourth-order valence-corrected chi connectivity index (χ4v) is 9.33. The fraction of sp³-hybridized carbons (Fsp3) is 0.800. The SMILES string of the molecule is C/C(=C\CC[C@@H](C)C1CC[C@]2(C)[C@H]3CC[C@@H]4C(C)(C)C(=O)CC[C@@]4(C)C3=CC[C@@]12C)C(=O)O. The summed E-state index contributed by atoms with van der Waals surface area (Å²) < 4.78 is 0. The van der Waals surface area contributed by atoms with Gasteiger partial charge in [-0.3, -0.25) is 4.79 Å². The quantitative estimate of drug-likeness (QED) is 0.343. The van der Waals surface area contributed by atoms with E-state index in [1.807, 2.05) is 6.08 Å². The molecule has 0 bridgehead atoms. The van der Waals surface area contributed by atoms with Gasteiger partial charge >= 0.3 is 5.97 Å². The molecule has 1 unspecified atom stereocenters. The third kappa shape index (κ3) is 3.50. The van der Waals surface area contributed by atoms with Crippen LogP contribution in [0.3, 0.4) is 0 Å². The Balaban J connectivity index is 1.59. The first kappa shape index (κ1) is 24.7. The number of allylic oxidation sites excluding steroid dienone is 3. The van der Waals surface area contributed by atoms with Crippen LogP contribution in [0.2, 0.25) is 0 Å². The Morgan fingerprint density at radius 1 is 1.12 bits per heavy atom. The molecule has 4 aliphatic carbocycles. The van der Waals surface area contributed by atoms with Gasteiger partial charge in [0.05, 0.1) is 0 Å². The Bertz CT molecular complexity index is 894. The summed E-state index contributed by atoms with van der Waals surface area (Å²) in [6.45, 7) is 16.2. The van der Waals surface area contributed by atoms with E-state index in [1.165, 1.54) is 25.7 Å². The van der Waals surface area contributed by atoms with Crippen molar-refractivity contribution in [1.29, 1.82) is 0 Å². The Labute approximate surface area is 201 Å². The molecule has 0 aromatic carbocycles. The van der Waals surface area contributed by atoms with E-state index >= 15 is 0 Å². The molecule has 4 aliphatic rings. The van der Waals surface area contributed by atoms with Crippen LogP contribution >= 0.6 is 0 Å². The van der Waals surface area contributed by atoms with Crippen LogP contribution in [0, 0.1) is 45.3 Å². The maximum Gasteiger partial charge on any atom is 0.330 e. The van der Waals surface area contributed by atoms with Gasteiger partial charge in [-0.15, -0.1) is 0 Å². The number of fused-ring (bicyclic) bond motifs is 5. The molecule has 0 heterocycles. The highest BCUT2D eigenvalue weighted by Gasteiger charge is 2.65. The van der Waals surface area contributed by atoms with Gasteiger partial charge in [-0.2, -0.15) is 0 Å². The Kier molecular flexibility index (Phi) is 6.07. The molecule has 0 radical (unpaired) electrons. The standard InChI is InChI=1S/C30H46O3/c1-19(9-8-10-20(2)26(32)33)21-13-17-30(7)23-11-12-24-27(3,4)25(31)15-16-28(24,5)22(23)14-18-29(21,30)6/h10,14,19,21,23-24H,8-9,11-13,15-18H2,1-7H3,(H,32,33)/b20-10+/t19-,21?,23+,24-,28+,29+,30-/m1/s1. The zero-order valence-electron chi connectivity index (χ0n) is 22.1. The molecule has 0 spiro atoms. The topological polar surface area (TPSA) is 54.4 Å². The summed E-state index contributed by atoms with van der Waals surface area (Å²) in [5.74, 6) is 2.08. The lowest BCUT2D eigenvalue weighted by Gasteiger charge is -2.63. The van der Waals surface area contributed by atoms with Crippen molar-refractivity contribution >= 4 is 11.8 Å². The summed E-state index contributed by atoms with van der Waals surface area (Å²) in [7, 11) is 0. The lowest BCUT2D eigenvalue weighted by Crippen LogP contribution is -2.56. The summed E-state index contributed by atoms with van der Waals surface area (Å²) in [5, 5.41) is 9.15. The van der Waals surface area contributed by atoms with Gasteiger partial charge in [-0.05, 0) is 98.2 Å². The lowest BCUT2D eigenvalue weighted by atomic mass is 9.41. The molecule has 1 N–H and O–H groups in total. The molecule has 33 heavy (non-hydrogen) atoms. The Morgan fingerprint density at radius 2 is 1.82 bits per heavy atom. The maximum absolute atomic E-state index is 12.8. The number of Topliss-reactive ketones (excluding diaryl/α,β-unsaturated/α-hetero) is 1. The summed E-state index contributed by atoms with van der Waals surface area (Å²) >= 11 is 0. The Morgan fingerprint density at radius 3 is 2.48 bits per heavy atom. The number of aliphatic carboxylic acids is 1. The third-order valence-corrected chi connectivity index (χ3v) is 11.7. The third-order valence-electron chi connectivity index (χ3n) is 11.7. The van der Waals surface area contributed by atoms with E-state index in [0.29, 0.717) is 45.9 Å². The highest BCUT2D eigenvalue weighted by molar-refractivity contribution is 5.86. The van der Waals surface area contributed by atoms with Crippen LogP contribution in [0.25, 0.3) is 0 Å². The number of carboxylic acids is 1. The zero-order chi connectivity index (χ0) is 24.4. The van der Waals surface area contributed by atoms with Crippen molar-refractivity contribution in [1.82, 2.24) is 0 Å². The molecule has 0 saturated heterocycles. The van der Waals surface area contributed by atoms with Crippen LogP contribution in [-0.2, 0) is 9.59 Å². The molecule has 0 amide bonds. The van der Waals surface area contributed by atoms with E-state index in [4.69, 9.17) is 5.11 Å². The number of carboxylic acid groups (broad SMARTS) is 1. The predicted molar refractivity (Wildman–Crippen MR) is 134 cm³/mol. The number of carbonyl (C=O) groups excluding carboxylic acids is 1. The molecule has 184 valence electrons. The largest absolute Gasteiger partial charge is 0.478 e. The summed E-state index contributed by atoms with van der Waals surface area (Å²) in [4.78, 5) is 23.9. The van der Waals surface area contributed by atoms with Crippen molar-refractivity contribution in [3.8, 4) is 0 Å². The molecular weight excluding hydrogens is 408 g/mol. The van der Waals surface area contributed by atoms with Crippen molar-refractivity contribution in [2.24, 2.45) is 45.3 Å². The smallest absolute Gasteiger partial charge is 0.330 e. The van der Waals surface area contributed by atoms with Crippen LogP contribution in [-0.4, -0.2) is 16.9 Å². The summed E-state index contributed by atoms with van der Waals surface area (Å²) in [6, 6.07) is 0. The summed E-state index contributed by atoms with van der Waals surface area (Å²) in [5.41, 5.74) is 2.77. The number of hydrogen-bond acceptors (Lipinski definition) is 2. The van der Waals surface area contributed by atoms with E-state index in [1.54, 1.807) is 12.5 Å². The van der Waals surface area contributed by atoms with E-state index in [-0.39, 0.29) is 10.8 Å². The minimum Gasteiger partial charge on any atom is -0.478 e. The predicted octanol–water partition coefficient (Wildman–Crippen LogP) is 7.61. The second-order valence-electron chi connectivity index (χ2n) is 13.3. The van der Waals surface area contributed by atoms with Crippen LogP contribution in [0.15, 0.2) is 23.3 Å². The lowest BCUT2D eigenvalue weighted by molar-refractivity contribution is -0.142. The molecule has 0 aromatic heterocycles. The molecule has 3 fully saturated rings. The van der Waals surface area contributed by atoms with E-state index in [2.05, 4.69) is 47.6 Å². The number of carbonyl (C=O) groups is 2. The zero-order valence-corrected chi connectivity index (χ0v) is 22.1. The fourth-order valence-electron chi connectivity index (χ4n) is 9.33. The van der Waals surface area contributed by atoms with Gasteiger partial charge < -0.3 is 5.11 Å². The highest BCUT2D eigenvalue weighted by atomic mass is 16.4. The molecule has 7 atom stereocenters. The average molecular weight is 455 g/mol. The highest BCUT2D eigenvalue weighted by Crippen LogP contribution is 2.72. The maximum atomic E-state index is 12.8. The summed E-state index contributed by atoms with van der Waals surface area (Å²) in [6.07, 6.45) is 14.4. The molecule has 3 nitrogen and oxygen atoms in total. The molecular formula is C30H46O3. The van der Waals surface area contributed by atoms with E-state index < -0.39 is 5.97 Å². The molecule has 0 aliphatic heterocycles. The first-order valence-corrected chi connectivity index (χ1v) is 13.4. The monoisotopic (exact) mass is 454 g/mol. The van der Waals surface area contributed by atoms with Gasteiger partial charge in [-0.1, -0.05) is 59.3 Å². The number of hydrogen-bond donors (Lipinski definition) is 1. The van der Waals surface area contributed by atoms with Gasteiger partial charge in [0.25, 0.3) is 0 Å². The van der Waals surface area contributed by atoms with Crippen molar-refractivity contribution in [2.75, 3.05) is 0 Å². The minimum absolute atomic E-state index is 0.174. The molecule has 0 aromatic rings. The second kappa shape index (κ2) is 8.09. The first-order chi connectivity index (χ1) is 15.3. The minimum atomic E-state index is -0.801. The molecule has 4 rings (SSSR count). The van der Waals surface area contributed by atoms with E-state index in [0.717, 1.165) is 32.1 Å². The normalized spacial score (nSPS) is 43.2. The number of ketones is 1. The first-order valence-electron chi connectivity index (χ1n) is 13.4. The van der Waals surface area contributed by atoms with Gasteiger partial charge in [-0.25, -0.2) is 4.79 Å². The van der Waals surface area contributed by atoms with Gasteiger partial charge in [0, 0.05) is 17.4 Å². The van der Waals surface area contributed by atoms with Crippen LogP contribution in [0.5, 0.6) is 0 Å². The van der Waals surface area contributed by atoms with Crippen LogP contribution in [0.1, 0.15) is 106 Å². The molecule has 3 heteroatoms. The van der Waals surface area contributed by atoms with Crippen molar-refractivity contribution in [3.05, 3.63) is 23.3 Å². The van der Waals surface area contributed by atoms with E-state index in [9.17, 15) is 9.59 Å². The van der Waals surface area contributed by atoms with Crippen LogP contribution < -0.4 is 0 Å². The molecule has 3 saturated carbocycles. The van der Waals surface area contributed by atoms with Gasteiger partial charge in [0.2, 0.25) is 0 Å². The Hall–Kier alpha value is -1.38. The van der Waals surface area contributed by atoms with Gasteiger partial charge in [0.1, 0.15) is 5.78 Å². The van der Waals surface area contributed by atoms with Crippen LogP contribution in [0.4, 0.5) is 0 Å². The van der Waals surface area contributed by atoms with Crippen molar-refractivity contribution in [2.45, 2.75) is 106 Å². The second-order valence-corrected chi connectivity index (χ2v) is 13.3. The van der Waals surface area contributed by atoms with Crippen molar-refractivity contribution < 1.29 is 14.7 Å². The average Bonchev–Trinajstić information content (AvgIpc) is 3.02.